The molecule has 0 aliphatic carbocycles. The molecular formula is C12H20N2O2. The molecule has 0 spiro atoms. The summed E-state index contributed by atoms with van der Waals surface area (Å²) in [6, 6.07) is 1.39. The van der Waals surface area contributed by atoms with Crippen molar-refractivity contribution >= 4 is 0 Å². The second kappa shape index (κ2) is 5.14. The van der Waals surface area contributed by atoms with Crippen LogP contribution < -0.4 is 10.3 Å². The Bertz CT molecular complexity index is 396. The van der Waals surface area contributed by atoms with Crippen LogP contribution in [0.2, 0.25) is 0 Å². The average molecular weight is 224 g/mol. The lowest BCUT2D eigenvalue weighted by molar-refractivity contribution is 0.162. The number of aromatic amines is 1. The summed E-state index contributed by atoms with van der Waals surface area (Å²) in [7, 11) is 0. The molecule has 16 heavy (non-hydrogen) atoms. The van der Waals surface area contributed by atoms with Crippen LogP contribution in [0.5, 0.6) is 5.88 Å². The Morgan fingerprint density at radius 2 is 1.88 bits per heavy atom. The Kier molecular flexibility index (Phi) is 4.10. The topological polar surface area (TPSA) is 55.0 Å². The predicted molar refractivity (Wildman–Crippen MR) is 63.9 cm³/mol. The van der Waals surface area contributed by atoms with Crippen LogP contribution in [0.3, 0.4) is 0 Å². The molecule has 1 unspecified atom stereocenters. The standard InChI is InChI=1S/C12H20N2O2/c1-7(2)9(5)16-11-6-10(15)13-12(14-11)8(3)4/h6-9H,1-5H3,(H,13,14,15). The Hall–Kier alpha value is -1.32. The summed E-state index contributed by atoms with van der Waals surface area (Å²) in [5.74, 6) is 1.65. The van der Waals surface area contributed by atoms with Crippen molar-refractivity contribution in [1.82, 2.24) is 9.97 Å². The van der Waals surface area contributed by atoms with Crippen molar-refractivity contribution < 1.29 is 4.74 Å². The van der Waals surface area contributed by atoms with Gasteiger partial charge in [0, 0.05) is 5.92 Å². The van der Waals surface area contributed by atoms with Gasteiger partial charge in [0.05, 0.1) is 12.2 Å². The first-order valence-electron chi connectivity index (χ1n) is 5.68. The summed E-state index contributed by atoms with van der Waals surface area (Å²) in [5, 5.41) is 0. The largest absolute Gasteiger partial charge is 0.474 e. The van der Waals surface area contributed by atoms with Crippen molar-refractivity contribution in [2.45, 2.75) is 46.6 Å². The van der Waals surface area contributed by atoms with E-state index in [1.165, 1.54) is 6.07 Å². The maximum Gasteiger partial charge on any atom is 0.254 e. The highest BCUT2D eigenvalue weighted by Crippen LogP contribution is 2.14. The summed E-state index contributed by atoms with van der Waals surface area (Å²) in [5.41, 5.74) is -0.162. The number of aromatic nitrogens is 2. The van der Waals surface area contributed by atoms with Crippen molar-refractivity contribution in [3.63, 3.8) is 0 Å². The van der Waals surface area contributed by atoms with E-state index >= 15 is 0 Å². The number of nitrogens with one attached hydrogen (secondary N) is 1. The minimum Gasteiger partial charge on any atom is -0.474 e. The Balaban J connectivity index is 2.93. The first-order chi connectivity index (χ1) is 7.40. The van der Waals surface area contributed by atoms with E-state index in [2.05, 4.69) is 23.8 Å². The maximum atomic E-state index is 11.4. The van der Waals surface area contributed by atoms with E-state index in [0.717, 1.165) is 0 Å². The maximum absolute atomic E-state index is 11.4. The zero-order valence-corrected chi connectivity index (χ0v) is 10.6. The molecule has 4 heteroatoms. The van der Waals surface area contributed by atoms with Crippen LogP contribution >= 0.6 is 0 Å². The quantitative estimate of drug-likeness (QED) is 0.853. The number of hydrogen-bond donors (Lipinski definition) is 1. The van der Waals surface area contributed by atoms with Gasteiger partial charge in [-0.3, -0.25) is 4.79 Å². The van der Waals surface area contributed by atoms with Gasteiger partial charge in [-0.2, -0.15) is 4.98 Å². The molecule has 0 saturated heterocycles. The Morgan fingerprint density at radius 3 is 2.38 bits per heavy atom. The van der Waals surface area contributed by atoms with Crippen molar-refractivity contribution in [3.8, 4) is 5.88 Å². The van der Waals surface area contributed by atoms with Gasteiger partial charge < -0.3 is 9.72 Å². The smallest absolute Gasteiger partial charge is 0.254 e. The zero-order chi connectivity index (χ0) is 12.3. The van der Waals surface area contributed by atoms with Gasteiger partial charge in [-0.25, -0.2) is 0 Å². The summed E-state index contributed by atoms with van der Waals surface area (Å²) < 4.78 is 5.62. The molecule has 1 rings (SSSR count). The van der Waals surface area contributed by atoms with Crippen LogP contribution in [0.1, 0.15) is 46.4 Å². The molecular weight excluding hydrogens is 204 g/mol. The van der Waals surface area contributed by atoms with Crippen molar-refractivity contribution in [2.75, 3.05) is 0 Å². The first-order valence-corrected chi connectivity index (χ1v) is 5.68. The first kappa shape index (κ1) is 12.7. The van der Waals surface area contributed by atoms with Crippen LogP contribution in [-0.2, 0) is 0 Å². The molecule has 0 amide bonds. The van der Waals surface area contributed by atoms with E-state index in [9.17, 15) is 4.79 Å². The number of hydrogen-bond acceptors (Lipinski definition) is 3. The lowest BCUT2D eigenvalue weighted by atomic mass is 10.1. The molecule has 1 aromatic heterocycles. The summed E-state index contributed by atoms with van der Waals surface area (Å²) in [6.45, 7) is 10.1. The van der Waals surface area contributed by atoms with Crippen LogP contribution in [0.4, 0.5) is 0 Å². The fourth-order valence-electron chi connectivity index (χ4n) is 1.11. The molecule has 1 heterocycles. The van der Waals surface area contributed by atoms with Gasteiger partial charge in [-0.1, -0.05) is 27.7 Å². The molecule has 0 aliphatic rings. The lowest BCUT2D eigenvalue weighted by Crippen LogP contribution is -2.21. The molecule has 1 N–H and O–H groups in total. The summed E-state index contributed by atoms with van der Waals surface area (Å²) in [6.07, 6.45) is 0.0503. The van der Waals surface area contributed by atoms with Crippen molar-refractivity contribution in [2.24, 2.45) is 5.92 Å². The van der Waals surface area contributed by atoms with E-state index in [0.29, 0.717) is 17.6 Å². The summed E-state index contributed by atoms with van der Waals surface area (Å²) in [4.78, 5) is 18.4. The number of rotatable bonds is 4. The molecule has 0 fully saturated rings. The zero-order valence-electron chi connectivity index (χ0n) is 10.6. The number of ether oxygens (including phenoxy) is 1. The average Bonchev–Trinajstić information content (AvgIpc) is 2.16. The fraction of sp³-hybridized carbons (Fsp3) is 0.667. The Morgan fingerprint density at radius 1 is 1.25 bits per heavy atom. The van der Waals surface area contributed by atoms with Gasteiger partial charge >= 0.3 is 0 Å². The minimum atomic E-state index is -0.162. The van der Waals surface area contributed by atoms with Crippen LogP contribution in [0.15, 0.2) is 10.9 Å². The van der Waals surface area contributed by atoms with E-state index < -0.39 is 0 Å². The summed E-state index contributed by atoms with van der Waals surface area (Å²) >= 11 is 0. The number of H-pyrrole nitrogens is 1. The van der Waals surface area contributed by atoms with E-state index in [1.807, 2.05) is 20.8 Å². The third-order valence-electron chi connectivity index (χ3n) is 2.53. The normalized spacial score (nSPS) is 13.2. The van der Waals surface area contributed by atoms with Crippen LogP contribution in [0.25, 0.3) is 0 Å². The van der Waals surface area contributed by atoms with E-state index in [-0.39, 0.29) is 17.6 Å². The SMILES string of the molecule is CC(C)c1nc(OC(C)C(C)C)cc(=O)[nH]1. The van der Waals surface area contributed by atoms with Crippen LogP contribution in [0, 0.1) is 5.92 Å². The van der Waals surface area contributed by atoms with Gasteiger partial charge in [0.25, 0.3) is 5.56 Å². The fourth-order valence-corrected chi connectivity index (χ4v) is 1.11. The molecule has 0 saturated carbocycles. The lowest BCUT2D eigenvalue weighted by Gasteiger charge is -2.17. The molecule has 0 aromatic carbocycles. The molecule has 90 valence electrons. The van der Waals surface area contributed by atoms with Crippen LogP contribution in [-0.4, -0.2) is 16.1 Å². The predicted octanol–water partition coefficient (Wildman–Crippen LogP) is 2.32. The molecule has 1 aromatic rings. The highest BCUT2D eigenvalue weighted by Gasteiger charge is 2.11. The number of nitrogens with zero attached hydrogens (tertiary/aromatic N) is 1. The van der Waals surface area contributed by atoms with Gasteiger partial charge in [0.2, 0.25) is 5.88 Å². The van der Waals surface area contributed by atoms with E-state index in [4.69, 9.17) is 4.74 Å². The molecule has 0 aliphatic heterocycles. The van der Waals surface area contributed by atoms with Gasteiger partial charge in [0.1, 0.15) is 5.82 Å². The van der Waals surface area contributed by atoms with Gasteiger partial charge in [0.15, 0.2) is 0 Å². The van der Waals surface area contributed by atoms with E-state index in [1.54, 1.807) is 0 Å². The third-order valence-corrected chi connectivity index (χ3v) is 2.53. The van der Waals surface area contributed by atoms with Crippen molar-refractivity contribution in [1.29, 1.82) is 0 Å². The van der Waals surface area contributed by atoms with Gasteiger partial charge in [-0.05, 0) is 12.8 Å². The third kappa shape index (κ3) is 3.36. The highest BCUT2D eigenvalue weighted by atomic mass is 16.5. The molecule has 0 bridgehead atoms. The van der Waals surface area contributed by atoms with Crippen molar-refractivity contribution in [3.05, 3.63) is 22.2 Å². The highest BCUT2D eigenvalue weighted by molar-refractivity contribution is 5.10. The molecule has 1 atom stereocenters. The van der Waals surface area contributed by atoms with Gasteiger partial charge in [-0.15, -0.1) is 0 Å². The molecule has 4 nitrogen and oxygen atoms in total. The minimum absolute atomic E-state index is 0.0503. The molecule has 0 radical (unpaired) electrons. The second-order valence-electron chi connectivity index (χ2n) is 4.69. The monoisotopic (exact) mass is 224 g/mol. The Labute approximate surface area is 96.1 Å². The second-order valence-corrected chi connectivity index (χ2v) is 4.69.